The van der Waals surface area contributed by atoms with Crippen molar-refractivity contribution in [3.05, 3.63) is 0 Å². The maximum Gasteiger partial charge on any atom is 0.306 e. The summed E-state index contributed by atoms with van der Waals surface area (Å²) in [4.78, 5) is 37.3. The minimum atomic E-state index is -0.757. The Labute approximate surface area is 298 Å². The summed E-state index contributed by atoms with van der Waals surface area (Å²) in [6.07, 6.45) is 34.0. The molecule has 0 aromatic carbocycles. The molecule has 0 unspecified atom stereocenters. The van der Waals surface area contributed by atoms with Crippen LogP contribution in [-0.4, -0.2) is 37.2 Å². The smallest absolute Gasteiger partial charge is 0.306 e. The van der Waals surface area contributed by atoms with Gasteiger partial charge in [-0.05, 0) is 25.2 Å². The van der Waals surface area contributed by atoms with Crippen molar-refractivity contribution in [1.82, 2.24) is 0 Å². The Morgan fingerprint density at radius 3 is 1.02 bits per heavy atom. The third kappa shape index (κ3) is 35.7. The van der Waals surface area contributed by atoms with Crippen molar-refractivity contribution in [3.63, 3.8) is 0 Å². The molecule has 0 fully saturated rings. The molecule has 0 bridgehead atoms. The maximum absolute atomic E-state index is 12.6. The van der Waals surface area contributed by atoms with E-state index in [1.54, 1.807) is 0 Å². The standard InChI is InChI=1S/C42H80O6/c1-5-7-9-11-12-13-14-15-16-17-18-22-26-30-34-41(44)47-37-39(36-46-40(43)33-29-24-10-8-6-2)48-42(45)35-31-27-23-20-19-21-25-28-32-38(3)4/h38-39H,5-37H2,1-4H3/t39-/m1/s1. The van der Waals surface area contributed by atoms with Gasteiger partial charge >= 0.3 is 17.9 Å². The summed E-state index contributed by atoms with van der Waals surface area (Å²) in [7, 11) is 0. The Bertz CT molecular complexity index is 721. The molecule has 0 aromatic heterocycles. The molecule has 0 radical (unpaired) electrons. The number of carbonyl (C=O) groups excluding carboxylic acids is 3. The largest absolute Gasteiger partial charge is 0.462 e. The number of rotatable bonds is 37. The molecule has 0 N–H and O–H groups in total. The lowest BCUT2D eigenvalue weighted by molar-refractivity contribution is -0.167. The summed E-state index contributed by atoms with van der Waals surface area (Å²) in [5.41, 5.74) is 0. The first-order valence-corrected chi connectivity index (χ1v) is 20.9. The van der Waals surface area contributed by atoms with Crippen LogP contribution in [-0.2, 0) is 28.6 Å². The van der Waals surface area contributed by atoms with Crippen LogP contribution in [0.5, 0.6) is 0 Å². The van der Waals surface area contributed by atoms with E-state index in [0.717, 1.165) is 70.1 Å². The third-order valence-corrected chi connectivity index (χ3v) is 9.29. The molecule has 0 saturated heterocycles. The molecular formula is C42H80O6. The zero-order valence-electron chi connectivity index (χ0n) is 32.4. The molecule has 0 amide bonds. The summed E-state index contributed by atoms with van der Waals surface area (Å²) in [5.74, 6) is -0.0817. The summed E-state index contributed by atoms with van der Waals surface area (Å²) in [6, 6.07) is 0. The van der Waals surface area contributed by atoms with E-state index >= 15 is 0 Å². The minimum absolute atomic E-state index is 0.0657. The number of ether oxygens (including phenoxy) is 3. The van der Waals surface area contributed by atoms with Crippen LogP contribution in [0.15, 0.2) is 0 Å². The first-order valence-electron chi connectivity index (χ1n) is 20.9. The molecule has 6 heteroatoms. The van der Waals surface area contributed by atoms with Gasteiger partial charge in [0, 0.05) is 19.3 Å². The second kappa shape index (κ2) is 36.7. The highest BCUT2D eigenvalue weighted by molar-refractivity contribution is 5.71. The maximum atomic E-state index is 12.6. The molecule has 0 aliphatic heterocycles. The molecule has 0 spiro atoms. The lowest BCUT2D eigenvalue weighted by Gasteiger charge is -2.18. The number of carbonyl (C=O) groups is 3. The van der Waals surface area contributed by atoms with Gasteiger partial charge in [-0.15, -0.1) is 0 Å². The SMILES string of the molecule is CCCCCCCCCCCCCCCCC(=O)OC[C@@H](COC(=O)CCCCCCC)OC(=O)CCCCCCCCCCC(C)C. The van der Waals surface area contributed by atoms with Crippen LogP contribution in [0.1, 0.15) is 227 Å². The van der Waals surface area contributed by atoms with Gasteiger partial charge in [0.05, 0.1) is 0 Å². The fourth-order valence-corrected chi connectivity index (χ4v) is 6.10. The van der Waals surface area contributed by atoms with E-state index in [-0.39, 0.29) is 31.1 Å². The Morgan fingerprint density at radius 1 is 0.396 bits per heavy atom. The first kappa shape index (κ1) is 46.4. The molecule has 1 atom stereocenters. The molecule has 0 aliphatic carbocycles. The van der Waals surface area contributed by atoms with Crippen molar-refractivity contribution >= 4 is 17.9 Å². The lowest BCUT2D eigenvalue weighted by Crippen LogP contribution is -2.30. The molecule has 48 heavy (non-hydrogen) atoms. The minimum Gasteiger partial charge on any atom is -0.462 e. The zero-order chi connectivity index (χ0) is 35.3. The van der Waals surface area contributed by atoms with Gasteiger partial charge in [-0.1, -0.05) is 188 Å². The van der Waals surface area contributed by atoms with Crippen LogP contribution in [0.25, 0.3) is 0 Å². The van der Waals surface area contributed by atoms with Crippen molar-refractivity contribution in [2.45, 2.75) is 233 Å². The van der Waals surface area contributed by atoms with Gasteiger partial charge in [0.1, 0.15) is 13.2 Å². The van der Waals surface area contributed by atoms with E-state index in [4.69, 9.17) is 14.2 Å². The van der Waals surface area contributed by atoms with Crippen molar-refractivity contribution in [2.75, 3.05) is 13.2 Å². The normalized spacial score (nSPS) is 11.9. The summed E-state index contributed by atoms with van der Waals surface area (Å²) < 4.78 is 16.5. The molecule has 0 aromatic rings. The molecular weight excluding hydrogens is 600 g/mol. The fourth-order valence-electron chi connectivity index (χ4n) is 6.10. The lowest BCUT2D eigenvalue weighted by atomic mass is 10.0. The van der Waals surface area contributed by atoms with Crippen LogP contribution >= 0.6 is 0 Å². The van der Waals surface area contributed by atoms with Crippen LogP contribution in [0, 0.1) is 5.92 Å². The topological polar surface area (TPSA) is 78.9 Å². The number of hydrogen-bond acceptors (Lipinski definition) is 6. The Morgan fingerprint density at radius 2 is 0.688 bits per heavy atom. The molecule has 0 aliphatic rings. The third-order valence-electron chi connectivity index (χ3n) is 9.29. The molecule has 0 saturated carbocycles. The predicted octanol–water partition coefficient (Wildman–Crippen LogP) is 12.8. The Kier molecular flexibility index (Phi) is 35.5. The van der Waals surface area contributed by atoms with Gasteiger partial charge < -0.3 is 14.2 Å². The van der Waals surface area contributed by atoms with Crippen LogP contribution in [0.2, 0.25) is 0 Å². The Balaban J connectivity index is 4.22. The van der Waals surface area contributed by atoms with E-state index in [1.165, 1.54) is 116 Å². The van der Waals surface area contributed by atoms with Gasteiger partial charge in [-0.3, -0.25) is 14.4 Å². The van der Waals surface area contributed by atoms with Gasteiger partial charge in [0.2, 0.25) is 0 Å². The summed E-state index contributed by atoms with van der Waals surface area (Å²) in [5, 5.41) is 0. The average molecular weight is 681 g/mol. The zero-order valence-corrected chi connectivity index (χ0v) is 32.4. The summed E-state index contributed by atoms with van der Waals surface area (Å²) in [6.45, 7) is 8.86. The highest BCUT2D eigenvalue weighted by Gasteiger charge is 2.19. The van der Waals surface area contributed by atoms with Crippen molar-refractivity contribution in [2.24, 2.45) is 5.92 Å². The van der Waals surface area contributed by atoms with Crippen molar-refractivity contribution in [1.29, 1.82) is 0 Å². The number of hydrogen-bond donors (Lipinski definition) is 0. The van der Waals surface area contributed by atoms with E-state index in [2.05, 4.69) is 27.7 Å². The molecule has 0 heterocycles. The molecule has 284 valence electrons. The molecule has 0 rings (SSSR count). The van der Waals surface area contributed by atoms with E-state index in [1.807, 2.05) is 0 Å². The van der Waals surface area contributed by atoms with E-state index < -0.39 is 6.10 Å². The Hall–Kier alpha value is -1.59. The van der Waals surface area contributed by atoms with Gasteiger partial charge in [-0.25, -0.2) is 0 Å². The predicted molar refractivity (Wildman–Crippen MR) is 201 cm³/mol. The second-order valence-corrected chi connectivity index (χ2v) is 14.7. The van der Waals surface area contributed by atoms with Crippen molar-refractivity contribution in [3.8, 4) is 0 Å². The average Bonchev–Trinajstić information content (AvgIpc) is 3.06. The van der Waals surface area contributed by atoms with Gasteiger partial charge in [0.25, 0.3) is 0 Å². The van der Waals surface area contributed by atoms with Crippen LogP contribution in [0.3, 0.4) is 0 Å². The second-order valence-electron chi connectivity index (χ2n) is 14.7. The first-order chi connectivity index (χ1) is 23.4. The number of esters is 3. The van der Waals surface area contributed by atoms with Crippen LogP contribution in [0.4, 0.5) is 0 Å². The highest BCUT2D eigenvalue weighted by atomic mass is 16.6. The van der Waals surface area contributed by atoms with E-state index in [0.29, 0.717) is 19.3 Å². The van der Waals surface area contributed by atoms with E-state index in [9.17, 15) is 14.4 Å². The van der Waals surface area contributed by atoms with Crippen LogP contribution < -0.4 is 0 Å². The summed E-state index contributed by atoms with van der Waals surface area (Å²) >= 11 is 0. The monoisotopic (exact) mass is 681 g/mol. The van der Waals surface area contributed by atoms with Crippen molar-refractivity contribution < 1.29 is 28.6 Å². The van der Waals surface area contributed by atoms with Gasteiger partial charge in [-0.2, -0.15) is 0 Å². The fraction of sp³-hybridized carbons (Fsp3) is 0.929. The molecule has 6 nitrogen and oxygen atoms in total. The highest BCUT2D eigenvalue weighted by Crippen LogP contribution is 2.15. The number of unbranched alkanes of at least 4 members (excludes halogenated alkanes) is 24. The quantitative estimate of drug-likeness (QED) is 0.0369. The van der Waals surface area contributed by atoms with Gasteiger partial charge in [0.15, 0.2) is 6.10 Å².